The zero-order valence-corrected chi connectivity index (χ0v) is 15.9. The first-order chi connectivity index (χ1) is 14.2. The molecule has 0 bridgehead atoms. The Balaban J connectivity index is 1.49. The number of rotatable bonds is 3. The summed E-state index contributed by atoms with van der Waals surface area (Å²) in [5.41, 5.74) is 4.41. The van der Waals surface area contributed by atoms with E-state index in [9.17, 15) is 9.59 Å². The highest BCUT2D eigenvalue weighted by atomic mass is 16.5. The van der Waals surface area contributed by atoms with E-state index in [4.69, 9.17) is 4.74 Å². The van der Waals surface area contributed by atoms with Gasteiger partial charge >= 0.3 is 0 Å². The van der Waals surface area contributed by atoms with Crippen molar-refractivity contribution in [3.8, 4) is 16.9 Å². The molecule has 146 valence electrons. The molecule has 29 heavy (non-hydrogen) atoms. The Morgan fingerprint density at radius 1 is 1.10 bits per heavy atom. The van der Waals surface area contributed by atoms with Gasteiger partial charge in [0.15, 0.2) is 0 Å². The topological polar surface area (TPSA) is 84.1 Å². The molecule has 1 atom stereocenters. The lowest BCUT2D eigenvalue weighted by Gasteiger charge is -2.28. The van der Waals surface area contributed by atoms with Crippen molar-refractivity contribution in [2.24, 2.45) is 0 Å². The van der Waals surface area contributed by atoms with Gasteiger partial charge in [0.1, 0.15) is 11.3 Å². The summed E-state index contributed by atoms with van der Waals surface area (Å²) in [5, 5.41) is 9.64. The number of fused-ring (bicyclic) bond motifs is 2. The molecule has 5 rings (SSSR count). The molecule has 2 heterocycles. The average Bonchev–Trinajstić information content (AvgIpc) is 3.22. The summed E-state index contributed by atoms with van der Waals surface area (Å²) in [5.74, 6) is 0.457. The number of H-pyrrole nitrogens is 1. The van der Waals surface area contributed by atoms with Crippen molar-refractivity contribution in [3.05, 3.63) is 81.3 Å². The Kier molecular flexibility index (Phi) is 4.39. The number of aryl methyl sites for hydroxylation is 1. The minimum atomic E-state index is -0.423. The highest BCUT2D eigenvalue weighted by molar-refractivity contribution is 5.96. The minimum absolute atomic E-state index is 0.208. The molecule has 0 fully saturated rings. The summed E-state index contributed by atoms with van der Waals surface area (Å²) in [4.78, 5) is 25.4. The number of aromatic amines is 1. The third-order valence-corrected chi connectivity index (χ3v) is 5.70. The molecule has 1 amide bonds. The Labute approximate surface area is 167 Å². The monoisotopic (exact) mass is 387 g/mol. The number of aromatic nitrogens is 2. The van der Waals surface area contributed by atoms with Crippen molar-refractivity contribution in [2.45, 2.75) is 31.7 Å². The minimum Gasteiger partial charge on any atom is -0.492 e. The van der Waals surface area contributed by atoms with E-state index in [2.05, 4.69) is 15.5 Å². The molecular weight excluding hydrogens is 366 g/mol. The molecule has 0 saturated heterocycles. The second kappa shape index (κ2) is 7.20. The van der Waals surface area contributed by atoms with Crippen LogP contribution >= 0.6 is 0 Å². The van der Waals surface area contributed by atoms with Gasteiger partial charge in [-0.1, -0.05) is 48.5 Å². The number of para-hydroxylation sites is 1. The van der Waals surface area contributed by atoms with E-state index < -0.39 is 5.56 Å². The second-order valence-electron chi connectivity index (χ2n) is 7.46. The van der Waals surface area contributed by atoms with Crippen molar-refractivity contribution < 1.29 is 9.53 Å². The van der Waals surface area contributed by atoms with Crippen LogP contribution in [0.1, 0.15) is 46.1 Å². The summed E-state index contributed by atoms with van der Waals surface area (Å²) in [6.07, 6.45) is 3.09. The Morgan fingerprint density at radius 3 is 2.83 bits per heavy atom. The summed E-state index contributed by atoms with van der Waals surface area (Å²) >= 11 is 0. The summed E-state index contributed by atoms with van der Waals surface area (Å²) < 4.78 is 6.00. The number of benzene rings is 2. The molecule has 1 aliphatic heterocycles. The van der Waals surface area contributed by atoms with E-state index in [-0.39, 0.29) is 17.5 Å². The van der Waals surface area contributed by atoms with Crippen LogP contribution in [-0.2, 0) is 12.8 Å². The molecule has 0 saturated carbocycles. The zero-order chi connectivity index (χ0) is 19.8. The number of ether oxygens (including phenoxy) is 1. The van der Waals surface area contributed by atoms with E-state index >= 15 is 0 Å². The number of carbonyl (C=O) groups is 1. The van der Waals surface area contributed by atoms with Crippen LogP contribution in [-0.4, -0.2) is 22.7 Å². The maximum atomic E-state index is 13.1. The fourth-order valence-corrected chi connectivity index (χ4v) is 4.32. The van der Waals surface area contributed by atoms with Crippen molar-refractivity contribution in [2.75, 3.05) is 6.61 Å². The summed E-state index contributed by atoms with van der Waals surface area (Å²) in [6.45, 7) is 0.507. The molecule has 6 heteroatoms. The van der Waals surface area contributed by atoms with Crippen LogP contribution in [0.4, 0.5) is 0 Å². The molecule has 1 aromatic heterocycles. The predicted octanol–water partition coefficient (Wildman–Crippen LogP) is 3.18. The fourth-order valence-electron chi connectivity index (χ4n) is 4.32. The zero-order valence-electron chi connectivity index (χ0n) is 15.9. The maximum Gasteiger partial charge on any atom is 0.277 e. The highest BCUT2D eigenvalue weighted by Gasteiger charge is 2.29. The van der Waals surface area contributed by atoms with E-state index in [1.807, 2.05) is 48.5 Å². The van der Waals surface area contributed by atoms with Gasteiger partial charge in [0.25, 0.3) is 11.5 Å². The van der Waals surface area contributed by atoms with Crippen LogP contribution in [0.2, 0.25) is 0 Å². The number of hydrogen-bond acceptors (Lipinski definition) is 4. The second-order valence-corrected chi connectivity index (χ2v) is 7.46. The number of hydrogen-bond donors (Lipinski definition) is 2. The predicted molar refractivity (Wildman–Crippen MR) is 109 cm³/mol. The molecule has 3 aromatic rings. The first-order valence-corrected chi connectivity index (χ1v) is 9.95. The van der Waals surface area contributed by atoms with Crippen molar-refractivity contribution in [1.82, 2.24) is 15.5 Å². The lowest BCUT2D eigenvalue weighted by Crippen LogP contribution is -2.36. The normalized spacial score (nSPS) is 17.2. The molecule has 1 unspecified atom stereocenters. The molecular formula is C23H21N3O3. The van der Waals surface area contributed by atoms with Crippen LogP contribution in [0.5, 0.6) is 5.75 Å². The van der Waals surface area contributed by atoms with E-state index in [0.717, 1.165) is 53.0 Å². The fraction of sp³-hybridized carbons (Fsp3) is 0.261. The third-order valence-electron chi connectivity index (χ3n) is 5.70. The van der Waals surface area contributed by atoms with E-state index in [0.29, 0.717) is 13.0 Å². The molecule has 6 nitrogen and oxygen atoms in total. The van der Waals surface area contributed by atoms with Gasteiger partial charge in [0.2, 0.25) is 0 Å². The largest absolute Gasteiger partial charge is 0.492 e. The van der Waals surface area contributed by atoms with Crippen LogP contribution in [0.3, 0.4) is 0 Å². The van der Waals surface area contributed by atoms with Gasteiger partial charge in [-0.25, -0.2) is 5.10 Å². The summed E-state index contributed by atoms with van der Waals surface area (Å²) in [6, 6.07) is 15.8. The summed E-state index contributed by atoms with van der Waals surface area (Å²) in [7, 11) is 0. The van der Waals surface area contributed by atoms with Gasteiger partial charge in [-0.05, 0) is 30.4 Å². The van der Waals surface area contributed by atoms with Crippen LogP contribution in [0, 0.1) is 0 Å². The molecule has 1 aliphatic carbocycles. The smallest absolute Gasteiger partial charge is 0.277 e. The third kappa shape index (κ3) is 3.10. The molecule has 2 aliphatic rings. The van der Waals surface area contributed by atoms with Crippen molar-refractivity contribution >= 4 is 5.91 Å². The molecule has 0 spiro atoms. The van der Waals surface area contributed by atoms with Crippen molar-refractivity contribution in [3.63, 3.8) is 0 Å². The molecule has 0 radical (unpaired) electrons. The van der Waals surface area contributed by atoms with E-state index in [1.165, 1.54) is 0 Å². The Hall–Kier alpha value is -3.41. The molecule has 2 aromatic carbocycles. The van der Waals surface area contributed by atoms with Gasteiger partial charge in [-0.15, -0.1) is 0 Å². The standard InChI is InChI=1S/C23H21N3O3/c27-22(20-16-9-5-11-19(16)25-26-23(20)28)24-18-12-13-29-21-15(8-4-10-17(18)21)14-6-2-1-3-7-14/h1-4,6-8,10,18H,5,9,11-13H2,(H,24,27)(H,26,28). The Bertz CT molecular complexity index is 1140. The lowest BCUT2D eigenvalue weighted by molar-refractivity contribution is 0.0922. The Morgan fingerprint density at radius 2 is 1.97 bits per heavy atom. The number of nitrogens with zero attached hydrogens (tertiary/aromatic N) is 1. The van der Waals surface area contributed by atoms with Gasteiger partial charge in [0.05, 0.1) is 18.3 Å². The van der Waals surface area contributed by atoms with Gasteiger partial charge in [-0.3, -0.25) is 9.59 Å². The first kappa shape index (κ1) is 17.7. The van der Waals surface area contributed by atoms with Gasteiger partial charge in [-0.2, -0.15) is 5.10 Å². The van der Waals surface area contributed by atoms with Gasteiger partial charge < -0.3 is 10.1 Å². The lowest BCUT2D eigenvalue weighted by atomic mass is 9.94. The first-order valence-electron chi connectivity index (χ1n) is 9.95. The van der Waals surface area contributed by atoms with Crippen LogP contribution in [0.15, 0.2) is 53.3 Å². The van der Waals surface area contributed by atoms with E-state index in [1.54, 1.807) is 0 Å². The van der Waals surface area contributed by atoms with Gasteiger partial charge in [0, 0.05) is 17.5 Å². The number of carbonyl (C=O) groups excluding carboxylic acids is 1. The maximum absolute atomic E-state index is 13.1. The SMILES string of the molecule is O=C(NC1CCOc2c(-c3ccccc3)cccc21)c1c2c(n[nH]c1=O)CCC2. The highest BCUT2D eigenvalue weighted by Crippen LogP contribution is 2.40. The number of amides is 1. The van der Waals surface area contributed by atoms with Crippen LogP contribution < -0.4 is 15.6 Å². The quantitative estimate of drug-likeness (QED) is 0.723. The average molecular weight is 387 g/mol. The molecule has 2 N–H and O–H groups in total. The van der Waals surface area contributed by atoms with Crippen LogP contribution in [0.25, 0.3) is 11.1 Å². The van der Waals surface area contributed by atoms with Crippen molar-refractivity contribution in [1.29, 1.82) is 0 Å². The number of nitrogens with one attached hydrogen (secondary N) is 2.